The zero-order chi connectivity index (χ0) is 31.2. The molecule has 4 heterocycles. The number of aromatic nitrogens is 2. The fraction of sp³-hybridized carbons (Fsp3) is 0.559. The molecule has 2 amide bonds. The summed E-state index contributed by atoms with van der Waals surface area (Å²) < 4.78 is 17.0. The average molecular weight is 643 g/mol. The molecule has 10 heteroatoms. The number of rotatable bonds is 8. The first-order chi connectivity index (χ1) is 21.0. The van der Waals surface area contributed by atoms with Gasteiger partial charge in [-0.25, -0.2) is 9.37 Å². The molecule has 0 radical (unpaired) electrons. The largest absolute Gasteiger partial charge is 0.341 e. The summed E-state index contributed by atoms with van der Waals surface area (Å²) in [6, 6.07) is 16.9. The number of carbonyl (C=O) groups is 2. The van der Waals surface area contributed by atoms with E-state index in [-0.39, 0.29) is 17.1 Å². The molecule has 3 atom stereocenters. The minimum absolute atomic E-state index is 0.171. The van der Waals surface area contributed by atoms with Crippen LogP contribution in [0.1, 0.15) is 76.2 Å². The Hall–Kier alpha value is -2.68. The minimum Gasteiger partial charge on any atom is -0.341 e. The van der Waals surface area contributed by atoms with Gasteiger partial charge in [0.1, 0.15) is 17.2 Å². The van der Waals surface area contributed by atoms with Crippen LogP contribution in [0.15, 0.2) is 48.5 Å². The number of alkyl halides is 2. The van der Waals surface area contributed by atoms with Crippen LogP contribution in [0.2, 0.25) is 0 Å². The summed E-state index contributed by atoms with van der Waals surface area (Å²) in [4.78, 5) is 33.7. The van der Waals surface area contributed by atoms with Crippen molar-refractivity contribution in [3.63, 3.8) is 0 Å². The van der Waals surface area contributed by atoms with E-state index in [0.29, 0.717) is 31.2 Å². The highest BCUT2D eigenvalue weighted by Crippen LogP contribution is 2.45. The Morgan fingerprint density at radius 1 is 1.05 bits per heavy atom. The van der Waals surface area contributed by atoms with Gasteiger partial charge < -0.3 is 14.8 Å². The minimum atomic E-state index is -1.24. The van der Waals surface area contributed by atoms with E-state index < -0.39 is 16.3 Å². The van der Waals surface area contributed by atoms with Gasteiger partial charge in [-0.05, 0) is 108 Å². The lowest BCUT2D eigenvalue weighted by Crippen LogP contribution is -2.59. The quantitative estimate of drug-likeness (QED) is 0.293. The number of nitrogens with zero attached hydrogens (tertiary/aromatic N) is 4. The van der Waals surface area contributed by atoms with Crippen molar-refractivity contribution in [2.45, 2.75) is 99.6 Å². The monoisotopic (exact) mass is 641 g/mol. The molecule has 3 saturated heterocycles. The molecule has 3 aromatic rings. The number of hydrogen-bond acceptors (Lipinski definition) is 4. The number of imidazole rings is 1. The highest BCUT2D eigenvalue weighted by Gasteiger charge is 2.45. The number of fused-ring (bicyclic) bond motifs is 3. The number of carbonyl (C=O) groups excluding carboxylic acids is 2. The topological polar surface area (TPSA) is 70.5 Å². The third kappa shape index (κ3) is 5.97. The number of halogens is 3. The maximum absolute atomic E-state index is 14.5. The highest BCUT2D eigenvalue weighted by molar-refractivity contribution is 6.53. The van der Waals surface area contributed by atoms with Crippen molar-refractivity contribution in [1.29, 1.82) is 0 Å². The fourth-order valence-corrected chi connectivity index (χ4v) is 8.35. The van der Waals surface area contributed by atoms with Gasteiger partial charge in [0.05, 0.1) is 11.0 Å². The number of hydrogen-bond donors (Lipinski definition) is 1. The summed E-state index contributed by atoms with van der Waals surface area (Å²) >= 11 is 11.4. The Morgan fingerprint density at radius 3 is 2.39 bits per heavy atom. The summed E-state index contributed by atoms with van der Waals surface area (Å²) in [5.74, 6) is 0.0933. The maximum Gasteiger partial charge on any atom is 0.254 e. The first kappa shape index (κ1) is 31.3. The first-order valence-electron chi connectivity index (χ1n) is 15.8. The lowest BCUT2D eigenvalue weighted by atomic mass is 9.70. The molecule has 3 aliphatic heterocycles. The normalized spacial score (nSPS) is 23.8. The van der Waals surface area contributed by atoms with E-state index >= 15 is 0 Å². The molecular formula is C34H42Cl2FN5O2. The van der Waals surface area contributed by atoms with Crippen LogP contribution in [0, 0.1) is 12.7 Å². The Bertz CT molecular complexity index is 1520. The molecule has 44 heavy (non-hydrogen) atoms. The predicted molar refractivity (Wildman–Crippen MR) is 172 cm³/mol. The second-order valence-electron chi connectivity index (χ2n) is 13.5. The molecule has 236 valence electrons. The lowest BCUT2D eigenvalue weighted by molar-refractivity contribution is -0.141. The lowest BCUT2D eigenvalue weighted by Gasteiger charge is -2.46. The smallest absolute Gasteiger partial charge is 0.254 e. The zero-order valence-corrected chi connectivity index (χ0v) is 27.3. The molecule has 2 aromatic carbocycles. The van der Waals surface area contributed by atoms with Crippen LogP contribution >= 0.6 is 23.2 Å². The van der Waals surface area contributed by atoms with E-state index in [1.54, 1.807) is 26.0 Å². The Balaban J connectivity index is 1.16. The molecule has 1 aromatic heterocycles. The number of benzene rings is 2. The van der Waals surface area contributed by atoms with Crippen molar-refractivity contribution in [3.8, 4) is 0 Å². The van der Waals surface area contributed by atoms with Gasteiger partial charge in [0.15, 0.2) is 4.84 Å². The molecule has 3 fully saturated rings. The van der Waals surface area contributed by atoms with Crippen LogP contribution in [0.4, 0.5) is 4.39 Å². The standard InChI is InChI=1S/C34H42Cl2FN5O2/c1-22-38-28-9-4-5-10-29(28)42(22)27-20-25-11-12-26(21-27)41(25)18-15-34(23-7-6-8-24(37)19-23)13-16-40(17-14-34)32(44)33(2,3)39-31(43)30(35)36/h4-10,19,25-27,30H,11-18,20-21H2,1-3H3,(H,39,43)/t25-,26+,27+. The summed E-state index contributed by atoms with van der Waals surface area (Å²) in [6.45, 7) is 7.47. The van der Waals surface area contributed by atoms with Crippen molar-refractivity contribution in [1.82, 2.24) is 24.7 Å². The van der Waals surface area contributed by atoms with Crippen molar-refractivity contribution >= 4 is 46.0 Å². The van der Waals surface area contributed by atoms with Gasteiger partial charge in [0, 0.05) is 31.2 Å². The fourth-order valence-electron chi connectivity index (χ4n) is 8.24. The zero-order valence-electron chi connectivity index (χ0n) is 25.7. The van der Waals surface area contributed by atoms with Crippen molar-refractivity contribution in [2.24, 2.45) is 0 Å². The molecule has 7 nitrogen and oxygen atoms in total. The van der Waals surface area contributed by atoms with Crippen LogP contribution in [0.3, 0.4) is 0 Å². The van der Waals surface area contributed by atoms with Crippen LogP contribution < -0.4 is 5.32 Å². The molecule has 1 N–H and O–H groups in total. The number of piperidine rings is 2. The molecule has 6 rings (SSSR count). The van der Waals surface area contributed by atoms with Gasteiger partial charge in [0.2, 0.25) is 5.91 Å². The molecular weight excluding hydrogens is 600 g/mol. The molecule has 0 spiro atoms. The third-order valence-corrected chi connectivity index (χ3v) is 10.9. The SMILES string of the molecule is Cc1nc2ccccc2n1[C@H]1C[C@H]2CC[C@@H](C1)N2CCC1(c2cccc(F)c2)CCN(C(=O)C(C)(C)NC(=O)C(Cl)Cl)CC1. The second kappa shape index (κ2) is 12.3. The number of para-hydroxylation sites is 2. The van der Waals surface area contributed by atoms with Crippen LogP contribution in [-0.4, -0.2) is 73.3 Å². The molecule has 0 saturated carbocycles. The van der Waals surface area contributed by atoms with E-state index in [1.165, 1.54) is 24.4 Å². The van der Waals surface area contributed by atoms with Crippen LogP contribution in [0.25, 0.3) is 11.0 Å². The van der Waals surface area contributed by atoms with E-state index in [2.05, 4.69) is 46.0 Å². The summed E-state index contributed by atoms with van der Waals surface area (Å²) in [5.41, 5.74) is 1.92. The molecule has 0 unspecified atom stereocenters. The summed E-state index contributed by atoms with van der Waals surface area (Å²) in [7, 11) is 0. The van der Waals surface area contributed by atoms with E-state index in [0.717, 1.165) is 55.6 Å². The maximum atomic E-state index is 14.5. The number of nitrogens with one attached hydrogen (secondary N) is 1. The summed E-state index contributed by atoms with van der Waals surface area (Å²) in [5, 5.41) is 2.67. The number of aryl methyl sites for hydroxylation is 1. The second-order valence-corrected chi connectivity index (χ2v) is 14.6. The van der Waals surface area contributed by atoms with E-state index in [9.17, 15) is 14.0 Å². The molecule has 2 bridgehead atoms. The Kier molecular flexibility index (Phi) is 8.72. The molecule has 3 aliphatic rings. The van der Waals surface area contributed by atoms with Crippen molar-refractivity contribution in [3.05, 3.63) is 65.7 Å². The van der Waals surface area contributed by atoms with Gasteiger partial charge >= 0.3 is 0 Å². The van der Waals surface area contributed by atoms with E-state index in [4.69, 9.17) is 28.2 Å². The third-order valence-electron chi connectivity index (χ3n) is 10.5. The van der Waals surface area contributed by atoms with Crippen LogP contribution in [0.5, 0.6) is 0 Å². The van der Waals surface area contributed by atoms with Gasteiger partial charge in [-0.3, -0.25) is 14.5 Å². The first-order valence-corrected chi connectivity index (χ1v) is 16.7. The average Bonchev–Trinajstić information content (AvgIpc) is 3.46. The Morgan fingerprint density at radius 2 is 1.73 bits per heavy atom. The molecule has 0 aliphatic carbocycles. The Labute approximate surface area is 269 Å². The van der Waals surface area contributed by atoms with Gasteiger partial charge in [-0.2, -0.15) is 0 Å². The number of likely N-dealkylation sites (tertiary alicyclic amines) is 1. The highest BCUT2D eigenvalue weighted by atomic mass is 35.5. The van der Waals surface area contributed by atoms with Gasteiger partial charge in [0.25, 0.3) is 5.91 Å². The van der Waals surface area contributed by atoms with Crippen LogP contribution in [-0.2, 0) is 15.0 Å². The van der Waals surface area contributed by atoms with E-state index in [1.807, 2.05) is 11.0 Å². The summed E-state index contributed by atoms with van der Waals surface area (Å²) in [6.07, 6.45) is 6.99. The predicted octanol–water partition coefficient (Wildman–Crippen LogP) is 6.30. The van der Waals surface area contributed by atoms with Gasteiger partial charge in [-0.15, -0.1) is 0 Å². The van der Waals surface area contributed by atoms with Gasteiger partial charge in [-0.1, -0.05) is 47.5 Å². The van der Waals surface area contributed by atoms with Crippen molar-refractivity contribution < 1.29 is 14.0 Å². The number of amides is 2. The van der Waals surface area contributed by atoms with Crippen molar-refractivity contribution in [2.75, 3.05) is 19.6 Å².